The molecule has 0 unspecified atom stereocenters. The van der Waals surface area contributed by atoms with Crippen LogP contribution in [0, 0.1) is 6.92 Å². The van der Waals surface area contributed by atoms with Crippen molar-refractivity contribution < 1.29 is 13.9 Å². The van der Waals surface area contributed by atoms with E-state index in [4.69, 9.17) is 20.8 Å². The first kappa shape index (κ1) is 18.0. The molecule has 0 spiro atoms. The van der Waals surface area contributed by atoms with Crippen LogP contribution in [0.15, 0.2) is 82.0 Å². The second kappa shape index (κ2) is 7.33. The average Bonchev–Trinajstić information content (AvgIpc) is 2.70. The number of rotatable bonds is 3. The summed E-state index contributed by atoms with van der Waals surface area (Å²) >= 11 is 5.93. The molecule has 5 heteroatoms. The molecular weight excluding hydrogens is 376 g/mol. The Kier molecular flexibility index (Phi) is 4.72. The Morgan fingerprint density at radius 3 is 2.39 bits per heavy atom. The number of benzene rings is 3. The zero-order chi connectivity index (χ0) is 19.7. The van der Waals surface area contributed by atoms with E-state index in [0.29, 0.717) is 27.5 Å². The summed E-state index contributed by atoms with van der Waals surface area (Å²) in [4.78, 5) is 24.8. The zero-order valence-electron chi connectivity index (χ0n) is 14.9. The van der Waals surface area contributed by atoms with Crippen LogP contribution in [0.4, 0.5) is 0 Å². The molecule has 0 N–H and O–H groups in total. The molecule has 1 heterocycles. The third-order valence-electron chi connectivity index (χ3n) is 4.49. The van der Waals surface area contributed by atoms with E-state index in [9.17, 15) is 9.59 Å². The van der Waals surface area contributed by atoms with E-state index in [1.54, 1.807) is 66.7 Å². The minimum atomic E-state index is -0.475. The molecule has 0 amide bonds. The van der Waals surface area contributed by atoms with E-state index in [1.165, 1.54) is 0 Å². The first-order valence-corrected chi connectivity index (χ1v) is 9.01. The molecule has 0 aliphatic carbocycles. The molecule has 4 nitrogen and oxygen atoms in total. The fraction of sp³-hybridized carbons (Fsp3) is 0.0435. The molecule has 0 bridgehead atoms. The summed E-state index contributed by atoms with van der Waals surface area (Å²) in [6, 6.07) is 20.7. The summed E-state index contributed by atoms with van der Waals surface area (Å²) in [5.41, 5.74) is 2.35. The van der Waals surface area contributed by atoms with Crippen LogP contribution in [-0.2, 0) is 0 Å². The van der Waals surface area contributed by atoms with Crippen molar-refractivity contribution in [2.45, 2.75) is 6.92 Å². The van der Waals surface area contributed by atoms with Crippen LogP contribution < -0.4 is 10.4 Å². The Morgan fingerprint density at radius 2 is 1.68 bits per heavy atom. The Hall–Kier alpha value is -3.37. The van der Waals surface area contributed by atoms with Gasteiger partial charge in [-0.15, -0.1) is 0 Å². The van der Waals surface area contributed by atoms with E-state index >= 15 is 0 Å². The first-order chi connectivity index (χ1) is 13.5. The van der Waals surface area contributed by atoms with Gasteiger partial charge in [0.05, 0.1) is 11.1 Å². The second-order valence-electron chi connectivity index (χ2n) is 6.31. The smallest absolute Gasteiger partial charge is 0.344 e. The number of aryl methyl sites for hydroxylation is 1. The first-order valence-electron chi connectivity index (χ1n) is 8.63. The van der Waals surface area contributed by atoms with E-state index < -0.39 is 11.6 Å². The van der Waals surface area contributed by atoms with Crippen LogP contribution in [0.5, 0.6) is 5.75 Å². The van der Waals surface area contributed by atoms with Crippen molar-refractivity contribution in [3.8, 4) is 16.9 Å². The largest absolute Gasteiger partial charge is 0.423 e. The van der Waals surface area contributed by atoms with Gasteiger partial charge in [-0.3, -0.25) is 0 Å². The highest BCUT2D eigenvalue weighted by molar-refractivity contribution is 6.30. The van der Waals surface area contributed by atoms with Gasteiger partial charge in [-0.1, -0.05) is 41.9 Å². The van der Waals surface area contributed by atoms with E-state index in [-0.39, 0.29) is 0 Å². The van der Waals surface area contributed by atoms with Gasteiger partial charge in [0.25, 0.3) is 0 Å². The highest BCUT2D eigenvalue weighted by Gasteiger charge is 2.15. The SMILES string of the molecule is Cc1c(-c2ccc(Cl)cc2)c(=O)oc2cc(OC(=O)c3ccccc3)ccc12. The summed E-state index contributed by atoms with van der Waals surface area (Å²) in [7, 11) is 0. The van der Waals surface area contributed by atoms with Crippen molar-refractivity contribution in [3.63, 3.8) is 0 Å². The predicted molar refractivity (Wildman–Crippen MR) is 109 cm³/mol. The maximum atomic E-state index is 12.6. The number of carbonyl (C=O) groups excluding carboxylic acids is 1. The molecule has 0 saturated heterocycles. The van der Waals surface area contributed by atoms with Gasteiger partial charge >= 0.3 is 11.6 Å². The molecular formula is C23H15ClO4. The third kappa shape index (κ3) is 3.42. The monoisotopic (exact) mass is 390 g/mol. The van der Waals surface area contributed by atoms with Gasteiger partial charge in [-0.25, -0.2) is 9.59 Å². The minimum absolute atomic E-state index is 0.308. The number of esters is 1. The lowest BCUT2D eigenvalue weighted by atomic mass is 10.00. The van der Waals surface area contributed by atoms with E-state index in [2.05, 4.69) is 0 Å². The highest BCUT2D eigenvalue weighted by atomic mass is 35.5. The Labute approximate surface area is 166 Å². The topological polar surface area (TPSA) is 56.5 Å². The predicted octanol–water partition coefficient (Wildman–Crippen LogP) is 5.64. The number of ether oxygens (including phenoxy) is 1. The molecule has 1 aromatic heterocycles. The van der Waals surface area contributed by atoms with Crippen LogP contribution in [0.2, 0.25) is 5.02 Å². The molecule has 0 radical (unpaired) electrons. The van der Waals surface area contributed by atoms with Gasteiger partial charge in [0.2, 0.25) is 0 Å². The van der Waals surface area contributed by atoms with Crippen molar-refractivity contribution in [1.29, 1.82) is 0 Å². The van der Waals surface area contributed by atoms with Gasteiger partial charge in [-0.05, 0) is 54.4 Å². The second-order valence-corrected chi connectivity index (χ2v) is 6.75. The number of carbonyl (C=O) groups is 1. The van der Waals surface area contributed by atoms with Crippen molar-refractivity contribution in [3.05, 3.63) is 99.4 Å². The Balaban J connectivity index is 1.73. The lowest BCUT2D eigenvalue weighted by molar-refractivity contribution is 0.0735. The molecule has 4 rings (SSSR count). The quantitative estimate of drug-likeness (QED) is 0.258. The molecule has 0 aliphatic heterocycles. The fourth-order valence-electron chi connectivity index (χ4n) is 3.09. The Morgan fingerprint density at radius 1 is 0.964 bits per heavy atom. The lowest BCUT2D eigenvalue weighted by Gasteiger charge is -2.10. The van der Waals surface area contributed by atoms with Gasteiger partial charge in [0.15, 0.2) is 0 Å². The molecule has 0 atom stereocenters. The van der Waals surface area contributed by atoms with Crippen LogP contribution in [0.3, 0.4) is 0 Å². The fourth-order valence-corrected chi connectivity index (χ4v) is 3.22. The number of halogens is 1. The Bertz CT molecular complexity index is 1230. The van der Waals surface area contributed by atoms with Crippen molar-refractivity contribution in [1.82, 2.24) is 0 Å². The molecule has 0 saturated carbocycles. The number of fused-ring (bicyclic) bond motifs is 1. The van der Waals surface area contributed by atoms with Gasteiger partial charge in [0, 0.05) is 16.5 Å². The standard InChI is InChI=1S/C23H15ClO4/c1-14-19-12-11-18(27-22(25)16-5-3-2-4-6-16)13-20(19)28-23(26)21(14)15-7-9-17(24)10-8-15/h2-13H,1H3. The molecule has 138 valence electrons. The van der Waals surface area contributed by atoms with Crippen molar-refractivity contribution in [2.24, 2.45) is 0 Å². The molecule has 4 aromatic rings. The van der Waals surface area contributed by atoms with Gasteiger partial charge in [0.1, 0.15) is 11.3 Å². The van der Waals surface area contributed by atoms with Gasteiger partial charge in [-0.2, -0.15) is 0 Å². The van der Waals surface area contributed by atoms with E-state index in [1.807, 2.05) is 13.0 Å². The maximum Gasteiger partial charge on any atom is 0.344 e. The normalized spacial score (nSPS) is 10.8. The van der Waals surface area contributed by atoms with Crippen molar-refractivity contribution in [2.75, 3.05) is 0 Å². The molecule has 28 heavy (non-hydrogen) atoms. The lowest BCUT2D eigenvalue weighted by Crippen LogP contribution is -2.09. The van der Waals surface area contributed by atoms with E-state index in [0.717, 1.165) is 16.5 Å². The number of hydrogen-bond donors (Lipinski definition) is 0. The van der Waals surface area contributed by atoms with Crippen LogP contribution in [-0.4, -0.2) is 5.97 Å². The summed E-state index contributed by atoms with van der Waals surface area (Å²) < 4.78 is 10.9. The molecule has 0 aliphatic rings. The van der Waals surface area contributed by atoms with Crippen LogP contribution in [0.1, 0.15) is 15.9 Å². The van der Waals surface area contributed by atoms with Gasteiger partial charge < -0.3 is 9.15 Å². The zero-order valence-corrected chi connectivity index (χ0v) is 15.7. The summed E-state index contributed by atoms with van der Waals surface area (Å²) in [6.45, 7) is 1.86. The third-order valence-corrected chi connectivity index (χ3v) is 4.74. The van der Waals surface area contributed by atoms with Crippen molar-refractivity contribution >= 4 is 28.5 Å². The van der Waals surface area contributed by atoms with Crippen LogP contribution in [0.25, 0.3) is 22.1 Å². The molecule has 3 aromatic carbocycles. The van der Waals surface area contributed by atoms with Crippen LogP contribution >= 0.6 is 11.6 Å². The molecule has 0 fully saturated rings. The highest BCUT2D eigenvalue weighted by Crippen LogP contribution is 2.29. The summed E-state index contributed by atoms with van der Waals surface area (Å²) in [5, 5.41) is 1.36. The maximum absolute atomic E-state index is 12.6. The summed E-state index contributed by atoms with van der Waals surface area (Å²) in [6.07, 6.45) is 0. The number of hydrogen-bond acceptors (Lipinski definition) is 4. The average molecular weight is 391 g/mol. The summed E-state index contributed by atoms with van der Waals surface area (Å²) in [5.74, 6) is -0.167. The minimum Gasteiger partial charge on any atom is -0.423 e.